The van der Waals surface area contributed by atoms with Gasteiger partial charge in [-0.05, 0) is 37.3 Å². The highest BCUT2D eigenvalue weighted by Crippen LogP contribution is 2.17. The van der Waals surface area contributed by atoms with Crippen molar-refractivity contribution < 1.29 is 0 Å². The van der Waals surface area contributed by atoms with Crippen LogP contribution in [-0.4, -0.2) is 15.2 Å². The Labute approximate surface area is 133 Å². The van der Waals surface area contributed by atoms with E-state index in [-0.39, 0.29) is 0 Å². The van der Waals surface area contributed by atoms with Gasteiger partial charge in [-0.1, -0.05) is 23.8 Å². The number of aromatic nitrogens is 3. The summed E-state index contributed by atoms with van der Waals surface area (Å²) in [5.41, 5.74) is 3.42. The Bertz CT molecular complexity index is 851. The maximum atomic E-state index is 8.93. The fourth-order valence-electron chi connectivity index (χ4n) is 2.00. The highest BCUT2D eigenvalue weighted by molar-refractivity contribution is 5.60. The van der Waals surface area contributed by atoms with Crippen LogP contribution in [0.4, 0.5) is 23.1 Å². The Kier molecular flexibility index (Phi) is 4.11. The normalized spacial score (nSPS) is 9.91. The molecule has 2 aromatic carbocycles. The SMILES string of the molecule is Cc1ccc(Nc2nncc(Nc3cccc(C#N)c3)n2)cc1. The molecule has 0 unspecified atom stereocenters. The number of nitriles is 1. The quantitative estimate of drug-likeness (QED) is 0.766. The first-order valence-corrected chi connectivity index (χ1v) is 7.03. The molecule has 6 nitrogen and oxygen atoms in total. The van der Waals surface area contributed by atoms with Gasteiger partial charge in [0.05, 0.1) is 17.8 Å². The molecule has 0 aliphatic heterocycles. The Morgan fingerprint density at radius 1 is 1.00 bits per heavy atom. The first-order chi connectivity index (χ1) is 11.2. The number of aryl methyl sites for hydroxylation is 1. The largest absolute Gasteiger partial charge is 0.339 e. The smallest absolute Gasteiger partial charge is 0.249 e. The molecule has 0 fully saturated rings. The minimum absolute atomic E-state index is 0.398. The van der Waals surface area contributed by atoms with E-state index in [4.69, 9.17) is 5.26 Å². The summed E-state index contributed by atoms with van der Waals surface area (Å²) >= 11 is 0. The minimum atomic E-state index is 0.398. The molecule has 1 aromatic heterocycles. The molecule has 0 spiro atoms. The maximum absolute atomic E-state index is 8.93. The number of anilines is 4. The Morgan fingerprint density at radius 3 is 2.61 bits per heavy atom. The molecule has 1 heterocycles. The Balaban J connectivity index is 1.77. The lowest BCUT2D eigenvalue weighted by atomic mass is 10.2. The van der Waals surface area contributed by atoms with Gasteiger partial charge in [0.2, 0.25) is 5.95 Å². The molecule has 112 valence electrons. The monoisotopic (exact) mass is 302 g/mol. The van der Waals surface area contributed by atoms with E-state index in [0.29, 0.717) is 17.3 Å². The number of nitrogens with zero attached hydrogens (tertiary/aromatic N) is 4. The van der Waals surface area contributed by atoms with Crippen molar-refractivity contribution in [2.75, 3.05) is 10.6 Å². The van der Waals surface area contributed by atoms with Crippen molar-refractivity contribution in [3.05, 3.63) is 65.9 Å². The van der Waals surface area contributed by atoms with E-state index in [0.717, 1.165) is 11.4 Å². The highest BCUT2D eigenvalue weighted by atomic mass is 15.3. The van der Waals surface area contributed by atoms with Crippen LogP contribution in [0.3, 0.4) is 0 Å². The van der Waals surface area contributed by atoms with Gasteiger partial charge in [-0.2, -0.15) is 15.3 Å². The maximum Gasteiger partial charge on any atom is 0.249 e. The summed E-state index contributed by atoms with van der Waals surface area (Å²) in [5, 5.41) is 23.0. The number of benzene rings is 2. The molecule has 3 aromatic rings. The van der Waals surface area contributed by atoms with Crippen LogP contribution in [0.25, 0.3) is 0 Å². The molecule has 0 radical (unpaired) electrons. The van der Waals surface area contributed by atoms with Crippen molar-refractivity contribution in [1.82, 2.24) is 15.2 Å². The Hall–Kier alpha value is -3.46. The zero-order valence-electron chi connectivity index (χ0n) is 12.5. The van der Waals surface area contributed by atoms with E-state index in [2.05, 4.69) is 31.9 Å². The van der Waals surface area contributed by atoms with Gasteiger partial charge < -0.3 is 10.6 Å². The molecule has 2 N–H and O–H groups in total. The van der Waals surface area contributed by atoms with E-state index >= 15 is 0 Å². The minimum Gasteiger partial charge on any atom is -0.339 e. The van der Waals surface area contributed by atoms with Gasteiger partial charge in [0.25, 0.3) is 0 Å². The van der Waals surface area contributed by atoms with Gasteiger partial charge in [-0.15, -0.1) is 5.10 Å². The molecule has 6 heteroatoms. The molecular weight excluding hydrogens is 288 g/mol. The van der Waals surface area contributed by atoms with Crippen molar-refractivity contribution in [3.63, 3.8) is 0 Å². The first kappa shape index (κ1) is 14.5. The van der Waals surface area contributed by atoms with Crippen molar-refractivity contribution in [2.24, 2.45) is 0 Å². The summed E-state index contributed by atoms with van der Waals surface area (Å²) in [6, 6.07) is 17.2. The number of hydrogen-bond donors (Lipinski definition) is 2. The number of nitrogens with one attached hydrogen (secondary N) is 2. The molecule has 0 amide bonds. The lowest BCUT2D eigenvalue weighted by Crippen LogP contribution is -2.02. The van der Waals surface area contributed by atoms with Gasteiger partial charge in [-0.25, -0.2) is 0 Å². The molecule has 3 rings (SSSR count). The van der Waals surface area contributed by atoms with E-state index in [1.807, 2.05) is 37.3 Å². The molecule has 23 heavy (non-hydrogen) atoms. The van der Waals surface area contributed by atoms with Crippen LogP contribution in [0.1, 0.15) is 11.1 Å². The zero-order chi connectivity index (χ0) is 16.1. The van der Waals surface area contributed by atoms with Crippen LogP contribution in [0, 0.1) is 18.3 Å². The molecule has 0 atom stereocenters. The van der Waals surface area contributed by atoms with Gasteiger partial charge in [0, 0.05) is 11.4 Å². The topological polar surface area (TPSA) is 86.5 Å². The summed E-state index contributed by atoms with van der Waals surface area (Å²) in [6.07, 6.45) is 1.53. The van der Waals surface area contributed by atoms with E-state index in [1.165, 1.54) is 11.8 Å². The van der Waals surface area contributed by atoms with Gasteiger partial charge >= 0.3 is 0 Å². The lowest BCUT2D eigenvalue weighted by molar-refractivity contribution is 0.982. The number of hydrogen-bond acceptors (Lipinski definition) is 6. The lowest BCUT2D eigenvalue weighted by Gasteiger charge is -2.08. The fourth-order valence-corrected chi connectivity index (χ4v) is 2.00. The van der Waals surface area contributed by atoms with Crippen LogP contribution in [0.15, 0.2) is 54.7 Å². The van der Waals surface area contributed by atoms with Crippen molar-refractivity contribution in [1.29, 1.82) is 5.26 Å². The van der Waals surface area contributed by atoms with Crippen LogP contribution in [0.2, 0.25) is 0 Å². The Morgan fingerprint density at radius 2 is 1.83 bits per heavy atom. The summed E-state index contributed by atoms with van der Waals surface area (Å²) in [5.74, 6) is 0.944. The molecular formula is C17H14N6. The van der Waals surface area contributed by atoms with Crippen molar-refractivity contribution in [3.8, 4) is 6.07 Å². The highest BCUT2D eigenvalue weighted by Gasteiger charge is 2.03. The predicted molar refractivity (Wildman–Crippen MR) is 88.7 cm³/mol. The summed E-state index contributed by atoms with van der Waals surface area (Å²) in [4.78, 5) is 4.36. The average Bonchev–Trinajstić information content (AvgIpc) is 2.57. The molecule has 0 saturated carbocycles. The molecule has 0 aliphatic rings. The predicted octanol–water partition coefficient (Wildman–Crippen LogP) is 3.54. The third-order valence-electron chi connectivity index (χ3n) is 3.13. The second-order valence-corrected chi connectivity index (χ2v) is 4.97. The summed E-state index contributed by atoms with van der Waals surface area (Å²) < 4.78 is 0. The number of rotatable bonds is 4. The third-order valence-corrected chi connectivity index (χ3v) is 3.13. The van der Waals surface area contributed by atoms with E-state index in [9.17, 15) is 0 Å². The summed E-state index contributed by atoms with van der Waals surface area (Å²) in [7, 11) is 0. The average molecular weight is 302 g/mol. The van der Waals surface area contributed by atoms with Crippen LogP contribution in [-0.2, 0) is 0 Å². The van der Waals surface area contributed by atoms with Crippen LogP contribution < -0.4 is 10.6 Å². The second-order valence-electron chi connectivity index (χ2n) is 4.97. The zero-order valence-corrected chi connectivity index (χ0v) is 12.5. The van der Waals surface area contributed by atoms with E-state index in [1.54, 1.807) is 18.2 Å². The first-order valence-electron chi connectivity index (χ1n) is 7.03. The molecule has 0 saturated heterocycles. The molecule has 0 aliphatic carbocycles. The third kappa shape index (κ3) is 3.80. The van der Waals surface area contributed by atoms with Crippen LogP contribution in [0.5, 0.6) is 0 Å². The van der Waals surface area contributed by atoms with Gasteiger partial charge in [-0.3, -0.25) is 0 Å². The van der Waals surface area contributed by atoms with Crippen molar-refractivity contribution in [2.45, 2.75) is 6.92 Å². The van der Waals surface area contributed by atoms with Crippen LogP contribution >= 0.6 is 0 Å². The van der Waals surface area contributed by atoms with Gasteiger partial charge in [0.1, 0.15) is 0 Å². The fraction of sp³-hybridized carbons (Fsp3) is 0.0588. The summed E-state index contributed by atoms with van der Waals surface area (Å²) in [6.45, 7) is 2.03. The van der Waals surface area contributed by atoms with E-state index < -0.39 is 0 Å². The standard InChI is InChI=1S/C17H14N6/c1-12-5-7-14(8-6-12)21-17-22-16(11-19-23-17)20-15-4-2-3-13(9-15)10-18/h2-9,11H,1H3,(H2,20,21,22,23). The van der Waals surface area contributed by atoms with Gasteiger partial charge in [0.15, 0.2) is 5.82 Å². The second kappa shape index (κ2) is 6.54. The van der Waals surface area contributed by atoms with Crippen molar-refractivity contribution >= 4 is 23.1 Å². The molecule has 0 bridgehead atoms.